The van der Waals surface area contributed by atoms with Gasteiger partial charge in [0.2, 0.25) is 0 Å². The van der Waals surface area contributed by atoms with Gasteiger partial charge in [-0.2, -0.15) is 0 Å². The molecular formula is C23H33F2N3O2. The van der Waals surface area contributed by atoms with Crippen molar-refractivity contribution in [3.05, 3.63) is 35.4 Å². The maximum absolute atomic E-state index is 13.5. The van der Waals surface area contributed by atoms with Gasteiger partial charge >= 0.3 is 0 Å². The quantitative estimate of drug-likeness (QED) is 0.815. The Labute approximate surface area is 177 Å². The molecule has 1 aromatic carbocycles. The van der Waals surface area contributed by atoms with Crippen molar-refractivity contribution in [3.8, 4) is 0 Å². The lowest BCUT2D eigenvalue weighted by Crippen LogP contribution is -2.54. The van der Waals surface area contributed by atoms with E-state index in [-0.39, 0.29) is 16.9 Å². The maximum atomic E-state index is 13.5. The molecule has 0 radical (unpaired) electrons. The highest BCUT2D eigenvalue weighted by Crippen LogP contribution is 2.48. The Morgan fingerprint density at radius 1 is 0.900 bits per heavy atom. The van der Waals surface area contributed by atoms with Gasteiger partial charge in [-0.05, 0) is 63.1 Å². The van der Waals surface area contributed by atoms with Gasteiger partial charge in [-0.15, -0.1) is 0 Å². The summed E-state index contributed by atoms with van der Waals surface area (Å²) >= 11 is 0. The maximum Gasteiger partial charge on any atom is 0.254 e. The van der Waals surface area contributed by atoms with Crippen molar-refractivity contribution in [2.45, 2.75) is 44.1 Å². The van der Waals surface area contributed by atoms with Crippen LogP contribution in [0.3, 0.4) is 0 Å². The van der Waals surface area contributed by atoms with E-state index in [4.69, 9.17) is 0 Å². The Balaban J connectivity index is 1.29. The lowest BCUT2D eigenvalue weighted by molar-refractivity contribution is -0.0718. The number of carbonyl (C=O) groups is 1. The van der Waals surface area contributed by atoms with E-state index in [9.17, 15) is 18.7 Å². The van der Waals surface area contributed by atoms with Crippen LogP contribution in [0.15, 0.2) is 18.2 Å². The summed E-state index contributed by atoms with van der Waals surface area (Å²) in [4.78, 5) is 19.1. The van der Waals surface area contributed by atoms with E-state index in [1.807, 2.05) is 0 Å². The second-order valence-corrected chi connectivity index (χ2v) is 9.75. The zero-order chi connectivity index (χ0) is 21.4. The van der Waals surface area contributed by atoms with Gasteiger partial charge in [0.25, 0.3) is 5.91 Å². The van der Waals surface area contributed by atoms with Crippen LogP contribution in [-0.4, -0.2) is 84.2 Å². The number of likely N-dealkylation sites (tertiary alicyclic amines) is 1. The van der Waals surface area contributed by atoms with Crippen molar-refractivity contribution < 1.29 is 18.7 Å². The van der Waals surface area contributed by atoms with E-state index >= 15 is 0 Å². The average molecular weight is 422 g/mol. The molecule has 2 aliphatic heterocycles. The minimum absolute atomic E-state index is 0.0774. The zero-order valence-corrected chi connectivity index (χ0v) is 17.9. The highest BCUT2D eigenvalue weighted by Gasteiger charge is 2.44. The minimum atomic E-state index is -0.723. The molecule has 0 aromatic heterocycles. The predicted octanol–water partition coefficient (Wildman–Crippen LogP) is 2.74. The van der Waals surface area contributed by atoms with Crippen LogP contribution in [0.5, 0.6) is 0 Å². The summed E-state index contributed by atoms with van der Waals surface area (Å²) < 4.78 is 26.9. The van der Waals surface area contributed by atoms with Crippen molar-refractivity contribution in [1.29, 1.82) is 0 Å². The molecule has 1 spiro atoms. The standard InChI is InChI=1S/C23H33F2N3O2/c1-26-10-12-27(13-11-26)17-23(30)4-2-22(3-5-23)6-8-28(9-7-22)21(29)18-14-19(24)16-20(25)15-18/h14-16,30H,2-13,17H2,1H3. The number of aliphatic hydroxyl groups is 1. The van der Waals surface area contributed by atoms with Crippen LogP contribution >= 0.6 is 0 Å². The van der Waals surface area contributed by atoms with E-state index < -0.39 is 17.2 Å². The number of nitrogens with zero attached hydrogens (tertiary/aromatic N) is 3. The van der Waals surface area contributed by atoms with Crippen molar-refractivity contribution in [3.63, 3.8) is 0 Å². The van der Waals surface area contributed by atoms with Gasteiger partial charge in [-0.3, -0.25) is 9.69 Å². The first-order chi connectivity index (χ1) is 14.3. The van der Waals surface area contributed by atoms with Crippen LogP contribution in [0.1, 0.15) is 48.9 Å². The number of hydrogen-bond donors (Lipinski definition) is 1. The molecule has 0 atom stereocenters. The zero-order valence-electron chi connectivity index (χ0n) is 17.9. The minimum Gasteiger partial charge on any atom is -0.389 e. The number of halogens is 2. The fourth-order valence-electron chi connectivity index (χ4n) is 5.37. The molecule has 1 saturated carbocycles. The smallest absolute Gasteiger partial charge is 0.254 e. The Bertz CT molecular complexity index is 741. The Hall–Kier alpha value is -1.57. The molecular weight excluding hydrogens is 388 g/mol. The van der Waals surface area contributed by atoms with Crippen molar-refractivity contribution in [1.82, 2.24) is 14.7 Å². The molecule has 2 heterocycles. The number of likely N-dealkylation sites (N-methyl/N-ethyl adjacent to an activating group) is 1. The van der Waals surface area contributed by atoms with Gasteiger partial charge in [0, 0.05) is 57.4 Å². The van der Waals surface area contributed by atoms with Gasteiger partial charge in [0.1, 0.15) is 11.6 Å². The highest BCUT2D eigenvalue weighted by atomic mass is 19.1. The summed E-state index contributed by atoms with van der Waals surface area (Å²) in [5.41, 5.74) is -0.348. The van der Waals surface area contributed by atoms with Crippen LogP contribution in [0.25, 0.3) is 0 Å². The van der Waals surface area contributed by atoms with Crippen LogP contribution in [0.4, 0.5) is 8.78 Å². The van der Waals surface area contributed by atoms with Crippen molar-refractivity contribution in [2.75, 3.05) is 52.9 Å². The molecule has 166 valence electrons. The first kappa shape index (κ1) is 21.7. The molecule has 3 aliphatic rings. The number of piperidine rings is 1. The van der Waals surface area contributed by atoms with E-state index in [0.717, 1.165) is 89.4 Å². The number of benzene rings is 1. The summed E-state index contributed by atoms with van der Waals surface area (Å²) in [5.74, 6) is -1.75. The fraction of sp³-hybridized carbons (Fsp3) is 0.696. The van der Waals surface area contributed by atoms with Gasteiger partial charge < -0.3 is 14.9 Å². The third-order valence-corrected chi connectivity index (χ3v) is 7.58. The lowest BCUT2D eigenvalue weighted by Gasteiger charge is -2.49. The Morgan fingerprint density at radius 3 is 2.03 bits per heavy atom. The average Bonchev–Trinajstić information content (AvgIpc) is 2.72. The van der Waals surface area contributed by atoms with Crippen molar-refractivity contribution >= 4 is 5.91 Å². The summed E-state index contributed by atoms with van der Waals surface area (Å²) in [7, 11) is 2.14. The number of hydrogen-bond acceptors (Lipinski definition) is 4. The molecule has 7 heteroatoms. The molecule has 4 rings (SSSR count). The lowest BCUT2D eigenvalue weighted by atomic mass is 9.64. The summed E-state index contributed by atoms with van der Waals surface area (Å²) in [6.45, 7) is 6.11. The summed E-state index contributed by atoms with van der Waals surface area (Å²) in [6, 6.07) is 3.00. The van der Waals surface area contributed by atoms with E-state index in [1.54, 1.807) is 4.90 Å². The normalized spacial score (nSPS) is 24.9. The number of piperazine rings is 1. The van der Waals surface area contributed by atoms with Crippen LogP contribution in [-0.2, 0) is 0 Å². The first-order valence-electron chi connectivity index (χ1n) is 11.1. The van der Waals surface area contributed by atoms with Gasteiger partial charge in [0.15, 0.2) is 0 Å². The number of rotatable bonds is 3. The van der Waals surface area contributed by atoms with Crippen LogP contribution in [0.2, 0.25) is 0 Å². The molecule has 1 aromatic rings. The number of amides is 1. The summed E-state index contributed by atoms with van der Waals surface area (Å²) in [6.07, 6.45) is 5.36. The van der Waals surface area contributed by atoms with Crippen LogP contribution < -0.4 is 0 Å². The Kier molecular flexibility index (Phi) is 6.15. The fourth-order valence-corrected chi connectivity index (χ4v) is 5.37. The van der Waals surface area contributed by atoms with Gasteiger partial charge in [-0.25, -0.2) is 8.78 Å². The molecule has 0 unspecified atom stereocenters. The Morgan fingerprint density at radius 2 is 1.47 bits per heavy atom. The second kappa shape index (κ2) is 8.52. The SMILES string of the molecule is CN1CCN(CC2(O)CCC3(CCN(C(=O)c4cc(F)cc(F)c4)CC3)CC2)CC1. The molecule has 1 amide bonds. The molecule has 0 bridgehead atoms. The molecule has 1 aliphatic carbocycles. The third kappa shape index (κ3) is 4.84. The molecule has 1 N–H and O–H groups in total. The second-order valence-electron chi connectivity index (χ2n) is 9.75. The largest absolute Gasteiger partial charge is 0.389 e. The summed E-state index contributed by atoms with van der Waals surface area (Å²) in [5, 5.41) is 11.2. The van der Waals surface area contributed by atoms with E-state index in [0.29, 0.717) is 13.1 Å². The molecule has 3 fully saturated rings. The third-order valence-electron chi connectivity index (χ3n) is 7.58. The number of carbonyl (C=O) groups excluding carboxylic acids is 1. The monoisotopic (exact) mass is 421 g/mol. The van der Waals surface area contributed by atoms with E-state index in [2.05, 4.69) is 16.8 Å². The van der Waals surface area contributed by atoms with Gasteiger partial charge in [-0.1, -0.05) is 0 Å². The van der Waals surface area contributed by atoms with E-state index in [1.165, 1.54) is 0 Å². The predicted molar refractivity (Wildman–Crippen MR) is 111 cm³/mol. The molecule has 30 heavy (non-hydrogen) atoms. The topological polar surface area (TPSA) is 47.0 Å². The first-order valence-corrected chi connectivity index (χ1v) is 11.1. The molecule has 2 saturated heterocycles. The van der Waals surface area contributed by atoms with Crippen LogP contribution in [0, 0.1) is 17.0 Å². The molecule has 5 nitrogen and oxygen atoms in total. The van der Waals surface area contributed by atoms with Crippen molar-refractivity contribution in [2.24, 2.45) is 5.41 Å². The number of β-amino-alcohol motifs (C(OH)–C–C–N with tert-alkyl or cyclic N) is 1. The van der Waals surface area contributed by atoms with Gasteiger partial charge in [0.05, 0.1) is 5.60 Å². The highest BCUT2D eigenvalue weighted by molar-refractivity contribution is 5.94.